The van der Waals surface area contributed by atoms with Crippen molar-refractivity contribution in [2.75, 3.05) is 4.72 Å². The van der Waals surface area contributed by atoms with Crippen LogP contribution in [0.4, 0.5) is 10.1 Å². The van der Waals surface area contributed by atoms with E-state index < -0.39 is 20.7 Å². The SMILES string of the molecule is Cc1cc(Cl)cc(NS(=O)(=O)c2ccccc2F)c1O. The van der Waals surface area contributed by atoms with Crippen molar-refractivity contribution in [3.8, 4) is 5.75 Å². The molecule has 0 spiro atoms. The zero-order chi connectivity index (χ0) is 14.9. The van der Waals surface area contributed by atoms with Crippen LogP contribution in [0.1, 0.15) is 5.56 Å². The lowest BCUT2D eigenvalue weighted by Gasteiger charge is -2.12. The van der Waals surface area contributed by atoms with Crippen LogP contribution >= 0.6 is 11.6 Å². The van der Waals surface area contributed by atoms with Gasteiger partial charge in [0.2, 0.25) is 0 Å². The van der Waals surface area contributed by atoms with Crippen LogP contribution in [0.2, 0.25) is 5.02 Å². The molecule has 0 amide bonds. The maximum Gasteiger partial charge on any atom is 0.264 e. The predicted molar refractivity (Wildman–Crippen MR) is 75.1 cm³/mol. The summed E-state index contributed by atoms with van der Waals surface area (Å²) >= 11 is 5.81. The van der Waals surface area contributed by atoms with Gasteiger partial charge in [0.25, 0.3) is 10.0 Å². The molecule has 0 aromatic heterocycles. The highest BCUT2D eigenvalue weighted by atomic mass is 35.5. The van der Waals surface area contributed by atoms with Crippen molar-refractivity contribution in [1.82, 2.24) is 0 Å². The van der Waals surface area contributed by atoms with E-state index in [4.69, 9.17) is 11.6 Å². The summed E-state index contributed by atoms with van der Waals surface area (Å²) in [4.78, 5) is -0.503. The third kappa shape index (κ3) is 2.86. The molecule has 2 aromatic rings. The van der Waals surface area contributed by atoms with Crippen LogP contribution in [0.25, 0.3) is 0 Å². The fourth-order valence-electron chi connectivity index (χ4n) is 1.68. The van der Waals surface area contributed by atoms with Crippen LogP contribution in [0.15, 0.2) is 41.3 Å². The number of nitrogens with one attached hydrogen (secondary N) is 1. The lowest BCUT2D eigenvalue weighted by molar-refractivity contribution is 0.473. The molecule has 0 aliphatic carbocycles. The molecule has 0 unspecified atom stereocenters. The molecule has 2 aromatic carbocycles. The van der Waals surface area contributed by atoms with Gasteiger partial charge in [0.15, 0.2) is 0 Å². The van der Waals surface area contributed by atoms with Crippen molar-refractivity contribution in [3.63, 3.8) is 0 Å². The number of aromatic hydroxyl groups is 1. The van der Waals surface area contributed by atoms with Gasteiger partial charge in [-0.05, 0) is 36.8 Å². The second kappa shape index (κ2) is 5.30. The number of hydrogen-bond donors (Lipinski definition) is 2. The molecule has 0 bridgehead atoms. The minimum Gasteiger partial charge on any atom is -0.505 e. The van der Waals surface area contributed by atoms with Crippen LogP contribution in [-0.2, 0) is 10.0 Å². The molecule has 0 radical (unpaired) electrons. The van der Waals surface area contributed by atoms with Crippen molar-refractivity contribution in [1.29, 1.82) is 0 Å². The molecule has 2 rings (SSSR count). The largest absolute Gasteiger partial charge is 0.505 e. The second-order valence-electron chi connectivity index (χ2n) is 4.15. The summed E-state index contributed by atoms with van der Waals surface area (Å²) in [5.74, 6) is -1.13. The van der Waals surface area contributed by atoms with E-state index >= 15 is 0 Å². The number of anilines is 1. The molecular formula is C13H11ClFNO3S. The molecule has 20 heavy (non-hydrogen) atoms. The maximum absolute atomic E-state index is 13.5. The molecule has 0 atom stereocenters. The quantitative estimate of drug-likeness (QED) is 0.854. The zero-order valence-corrected chi connectivity index (χ0v) is 12.0. The first kappa shape index (κ1) is 14.6. The summed E-state index contributed by atoms with van der Waals surface area (Å²) in [7, 11) is -4.14. The average Bonchev–Trinajstić information content (AvgIpc) is 2.35. The molecule has 0 heterocycles. The lowest BCUT2D eigenvalue weighted by atomic mass is 10.2. The normalized spacial score (nSPS) is 11.3. The highest BCUT2D eigenvalue weighted by Crippen LogP contribution is 2.32. The maximum atomic E-state index is 13.5. The number of rotatable bonds is 3. The number of sulfonamides is 1. The van der Waals surface area contributed by atoms with Crippen molar-refractivity contribution in [3.05, 3.63) is 52.8 Å². The lowest BCUT2D eigenvalue weighted by Crippen LogP contribution is -2.14. The smallest absolute Gasteiger partial charge is 0.264 e. The van der Waals surface area contributed by atoms with Gasteiger partial charge < -0.3 is 5.11 Å². The summed E-state index contributed by atoms with van der Waals surface area (Å²) in [5, 5.41) is 10.1. The predicted octanol–water partition coefficient (Wildman–Crippen LogP) is 3.29. The Balaban J connectivity index is 2.47. The van der Waals surface area contributed by atoms with E-state index in [9.17, 15) is 17.9 Å². The van der Waals surface area contributed by atoms with Crippen molar-refractivity contribution >= 4 is 27.3 Å². The minimum atomic E-state index is -4.14. The summed E-state index contributed by atoms with van der Waals surface area (Å²) in [6.07, 6.45) is 0. The van der Waals surface area contributed by atoms with Gasteiger partial charge in [-0.2, -0.15) is 0 Å². The number of aryl methyl sites for hydroxylation is 1. The van der Waals surface area contributed by atoms with Crippen LogP contribution in [0.3, 0.4) is 0 Å². The molecule has 0 fully saturated rings. The highest BCUT2D eigenvalue weighted by Gasteiger charge is 2.20. The van der Waals surface area contributed by atoms with Gasteiger partial charge in [-0.15, -0.1) is 0 Å². The second-order valence-corrected chi connectivity index (χ2v) is 6.24. The molecule has 0 aliphatic heterocycles. The molecular weight excluding hydrogens is 305 g/mol. The summed E-state index contributed by atoms with van der Waals surface area (Å²) in [6, 6.07) is 7.69. The van der Waals surface area contributed by atoms with Gasteiger partial charge >= 0.3 is 0 Å². The van der Waals surface area contributed by atoms with E-state index in [1.54, 1.807) is 6.92 Å². The van der Waals surface area contributed by atoms with Gasteiger partial charge in [0.1, 0.15) is 16.5 Å². The molecule has 7 heteroatoms. The molecule has 0 saturated heterocycles. The Morgan fingerprint density at radius 1 is 1.25 bits per heavy atom. The van der Waals surface area contributed by atoms with Gasteiger partial charge in [0, 0.05) is 5.02 Å². The third-order valence-electron chi connectivity index (χ3n) is 2.64. The topological polar surface area (TPSA) is 66.4 Å². The van der Waals surface area contributed by atoms with Crippen LogP contribution in [0, 0.1) is 12.7 Å². The number of phenolic OH excluding ortho intramolecular Hbond substituents is 1. The Hall–Kier alpha value is -1.79. The first-order valence-electron chi connectivity index (χ1n) is 5.58. The number of halogens is 2. The Labute approximate surface area is 120 Å². The van der Waals surface area contributed by atoms with Crippen LogP contribution < -0.4 is 4.72 Å². The first-order chi connectivity index (χ1) is 9.31. The molecule has 106 valence electrons. The minimum absolute atomic E-state index is 0.0988. The summed E-state index contributed by atoms with van der Waals surface area (Å²) < 4.78 is 39.8. The monoisotopic (exact) mass is 315 g/mol. The van der Waals surface area contributed by atoms with Crippen molar-refractivity contribution in [2.45, 2.75) is 11.8 Å². The number of benzene rings is 2. The Morgan fingerprint density at radius 3 is 2.55 bits per heavy atom. The van der Waals surface area contributed by atoms with E-state index in [-0.39, 0.29) is 16.5 Å². The number of phenols is 1. The third-order valence-corrected chi connectivity index (χ3v) is 4.25. The van der Waals surface area contributed by atoms with Crippen molar-refractivity contribution in [2.24, 2.45) is 0 Å². The summed E-state index contributed by atoms with van der Waals surface area (Å²) in [6.45, 7) is 1.57. The van der Waals surface area contributed by atoms with E-state index in [0.717, 1.165) is 12.1 Å². The number of hydrogen-bond acceptors (Lipinski definition) is 3. The van der Waals surface area contributed by atoms with Crippen molar-refractivity contribution < 1.29 is 17.9 Å². The van der Waals surface area contributed by atoms with Gasteiger partial charge in [0.05, 0.1) is 5.69 Å². The van der Waals surface area contributed by atoms with E-state index in [0.29, 0.717) is 5.56 Å². The Kier molecular flexibility index (Phi) is 3.87. The standard InChI is InChI=1S/C13H11ClFNO3S/c1-8-6-9(14)7-11(13(8)17)16-20(18,19)12-5-3-2-4-10(12)15/h2-7,16-17H,1H3. The zero-order valence-electron chi connectivity index (χ0n) is 10.4. The average molecular weight is 316 g/mol. The fraction of sp³-hybridized carbons (Fsp3) is 0.0769. The summed E-state index contributed by atoms with van der Waals surface area (Å²) in [5.41, 5.74) is 0.307. The molecule has 4 nitrogen and oxygen atoms in total. The molecule has 2 N–H and O–H groups in total. The fourth-order valence-corrected chi connectivity index (χ4v) is 3.09. The van der Waals surface area contributed by atoms with Gasteiger partial charge in [-0.1, -0.05) is 23.7 Å². The Morgan fingerprint density at radius 2 is 1.90 bits per heavy atom. The van der Waals surface area contributed by atoms with E-state index in [2.05, 4.69) is 4.72 Å². The highest BCUT2D eigenvalue weighted by molar-refractivity contribution is 7.92. The van der Waals surface area contributed by atoms with Gasteiger partial charge in [-0.3, -0.25) is 4.72 Å². The Bertz CT molecular complexity index is 762. The van der Waals surface area contributed by atoms with E-state index in [1.807, 2.05) is 0 Å². The van der Waals surface area contributed by atoms with Crippen LogP contribution in [-0.4, -0.2) is 13.5 Å². The van der Waals surface area contributed by atoms with Crippen LogP contribution in [0.5, 0.6) is 5.75 Å². The van der Waals surface area contributed by atoms with Gasteiger partial charge in [-0.25, -0.2) is 12.8 Å². The molecule has 0 saturated carbocycles. The first-order valence-corrected chi connectivity index (χ1v) is 7.44. The van der Waals surface area contributed by atoms with E-state index in [1.165, 1.54) is 24.3 Å². The molecule has 0 aliphatic rings.